The van der Waals surface area contributed by atoms with Gasteiger partial charge < -0.3 is 30.0 Å². The van der Waals surface area contributed by atoms with Gasteiger partial charge in [0.1, 0.15) is 18.4 Å². The Kier molecular flexibility index (Phi) is 8.50. The third kappa shape index (κ3) is 6.17. The van der Waals surface area contributed by atoms with Crippen LogP contribution in [0.4, 0.5) is 11.6 Å². The number of allylic oxidation sites excluding steroid dienone is 1. The van der Waals surface area contributed by atoms with Crippen LogP contribution in [0.25, 0.3) is 0 Å². The van der Waals surface area contributed by atoms with E-state index in [1.54, 1.807) is 43.2 Å². The summed E-state index contributed by atoms with van der Waals surface area (Å²) in [5.74, 6) is 2.62. The largest absolute Gasteiger partial charge is 0.497 e. The van der Waals surface area contributed by atoms with E-state index in [2.05, 4.69) is 15.6 Å². The summed E-state index contributed by atoms with van der Waals surface area (Å²) in [5, 5.41) is 20.3. The van der Waals surface area contributed by atoms with Crippen LogP contribution >= 0.6 is 0 Å². The van der Waals surface area contributed by atoms with E-state index in [0.29, 0.717) is 65.4 Å². The van der Waals surface area contributed by atoms with Crippen LogP contribution in [0, 0.1) is 0 Å². The number of aliphatic hydroxyl groups is 1. The lowest BCUT2D eigenvalue weighted by molar-refractivity contribution is -0.113. The predicted octanol–water partition coefficient (Wildman–Crippen LogP) is 4.73. The van der Waals surface area contributed by atoms with E-state index in [1.165, 1.54) is 0 Å². The summed E-state index contributed by atoms with van der Waals surface area (Å²) in [6.45, 7) is 2.27. The van der Waals surface area contributed by atoms with Crippen molar-refractivity contribution in [2.75, 3.05) is 31.5 Å². The highest BCUT2D eigenvalue weighted by molar-refractivity contribution is 6.06. The standard InChI is InChI=1S/C31H33N5O5/c1-20-28(30(38)33-23-12-14-24(39-2)15-13-23)29(36-31(32-20)34-27(35-36)10-7-17-37)22-11-16-25(26(18-22)40-3)41-19-21-8-5-4-6-9-21/h4-6,8-9,11-16,18,29,37H,7,10,17,19H2,1-3H3,(H,33,38)(H,32,34,35). The van der Waals surface area contributed by atoms with Gasteiger partial charge in [-0.3, -0.25) is 4.79 Å². The number of methoxy groups -OCH3 is 2. The number of fused-ring (bicyclic) bond motifs is 1. The van der Waals surface area contributed by atoms with Gasteiger partial charge in [0, 0.05) is 24.4 Å². The first-order chi connectivity index (χ1) is 20.0. The van der Waals surface area contributed by atoms with Crippen LogP contribution in [0.2, 0.25) is 0 Å². The Balaban J connectivity index is 1.50. The van der Waals surface area contributed by atoms with Crippen LogP contribution < -0.4 is 24.8 Å². The summed E-state index contributed by atoms with van der Waals surface area (Å²) in [6.07, 6.45) is 1.04. The van der Waals surface area contributed by atoms with Crippen molar-refractivity contribution in [1.82, 2.24) is 14.8 Å². The molecule has 3 N–H and O–H groups in total. The van der Waals surface area contributed by atoms with Gasteiger partial charge in [0.2, 0.25) is 5.95 Å². The molecule has 0 aliphatic carbocycles. The van der Waals surface area contributed by atoms with E-state index in [0.717, 1.165) is 11.1 Å². The van der Waals surface area contributed by atoms with E-state index in [9.17, 15) is 9.90 Å². The first-order valence-corrected chi connectivity index (χ1v) is 13.3. The van der Waals surface area contributed by atoms with E-state index in [1.807, 2.05) is 55.5 Å². The van der Waals surface area contributed by atoms with Crippen molar-refractivity contribution in [1.29, 1.82) is 0 Å². The average molecular weight is 556 g/mol. The Morgan fingerprint density at radius 2 is 1.80 bits per heavy atom. The summed E-state index contributed by atoms with van der Waals surface area (Å²) < 4.78 is 18.7. The number of benzene rings is 3. The number of carbonyl (C=O) groups excluding carboxylic acids is 1. The van der Waals surface area contributed by atoms with Crippen molar-refractivity contribution in [3.05, 3.63) is 101 Å². The van der Waals surface area contributed by atoms with Gasteiger partial charge in [-0.05, 0) is 60.9 Å². The molecule has 41 heavy (non-hydrogen) atoms. The molecule has 10 nitrogen and oxygen atoms in total. The summed E-state index contributed by atoms with van der Waals surface area (Å²) in [4.78, 5) is 18.4. The van der Waals surface area contributed by atoms with Crippen molar-refractivity contribution in [2.45, 2.75) is 32.4 Å². The molecule has 0 saturated heterocycles. The second kappa shape index (κ2) is 12.6. The predicted molar refractivity (Wildman–Crippen MR) is 155 cm³/mol. The quantitative estimate of drug-likeness (QED) is 0.243. The topological polar surface area (TPSA) is 120 Å². The fraction of sp³-hybridized carbons (Fsp3) is 0.258. The molecule has 1 aliphatic heterocycles. The summed E-state index contributed by atoms with van der Waals surface area (Å²) >= 11 is 0. The molecule has 0 bridgehead atoms. The molecule has 0 saturated carbocycles. The number of ether oxygens (including phenoxy) is 3. The molecular weight excluding hydrogens is 522 g/mol. The lowest BCUT2D eigenvalue weighted by Gasteiger charge is -2.29. The van der Waals surface area contributed by atoms with Crippen LogP contribution in [0.1, 0.15) is 36.3 Å². The Labute approximate surface area is 238 Å². The number of hydrogen-bond acceptors (Lipinski definition) is 8. The number of anilines is 2. The van der Waals surface area contributed by atoms with Gasteiger partial charge in [-0.25, -0.2) is 4.68 Å². The number of carbonyl (C=O) groups is 1. The fourth-order valence-corrected chi connectivity index (χ4v) is 4.72. The Hall–Kier alpha value is -4.83. The van der Waals surface area contributed by atoms with E-state index in [-0.39, 0.29) is 12.5 Å². The van der Waals surface area contributed by atoms with Gasteiger partial charge in [-0.1, -0.05) is 36.4 Å². The summed E-state index contributed by atoms with van der Waals surface area (Å²) in [7, 11) is 3.18. The maximum atomic E-state index is 13.8. The number of aliphatic hydroxyl groups excluding tert-OH is 1. The molecule has 2 heterocycles. The second-order valence-electron chi connectivity index (χ2n) is 9.56. The number of nitrogens with zero attached hydrogens (tertiary/aromatic N) is 3. The van der Waals surface area contributed by atoms with Crippen LogP contribution in [-0.2, 0) is 17.8 Å². The molecule has 1 aliphatic rings. The Bertz CT molecular complexity index is 1530. The normalized spacial score (nSPS) is 14.2. The average Bonchev–Trinajstić information content (AvgIpc) is 3.41. The number of amides is 1. The first-order valence-electron chi connectivity index (χ1n) is 13.3. The first kappa shape index (κ1) is 27.7. The second-order valence-corrected chi connectivity index (χ2v) is 9.56. The molecule has 1 unspecified atom stereocenters. The zero-order chi connectivity index (χ0) is 28.8. The molecule has 0 fully saturated rings. The third-order valence-corrected chi connectivity index (χ3v) is 6.79. The Morgan fingerprint density at radius 3 is 2.51 bits per heavy atom. The van der Waals surface area contributed by atoms with Crippen LogP contribution in [0.5, 0.6) is 17.2 Å². The third-order valence-electron chi connectivity index (χ3n) is 6.79. The van der Waals surface area contributed by atoms with Gasteiger partial charge in [-0.2, -0.15) is 10.1 Å². The van der Waals surface area contributed by atoms with Gasteiger partial charge >= 0.3 is 0 Å². The minimum Gasteiger partial charge on any atom is -0.497 e. The van der Waals surface area contributed by atoms with Crippen molar-refractivity contribution >= 4 is 17.5 Å². The molecule has 1 amide bonds. The molecule has 0 radical (unpaired) electrons. The maximum Gasteiger partial charge on any atom is 0.255 e. The maximum absolute atomic E-state index is 13.8. The Morgan fingerprint density at radius 1 is 1.02 bits per heavy atom. The molecule has 5 rings (SSSR count). The highest BCUT2D eigenvalue weighted by Crippen LogP contribution is 2.39. The zero-order valence-corrected chi connectivity index (χ0v) is 23.3. The number of rotatable bonds is 11. The molecule has 10 heteroatoms. The lowest BCUT2D eigenvalue weighted by atomic mass is 9.94. The van der Waals surface area contributed by atoms with Gasteiger partial charge in [0.15, 0.2) is 17.3 Å². The number of aromatic nitrogens is 3. The van der Waals surface area contributed by atoms with Crippen LogP contribution in [-0.4, -0.2) is 46.6 Å². The molecule has 212 valence electrons. The smallest absolute Gasteiger partial charge is 0.255 e. The molecule has 4 aromatic rings. The SMILES string of the molecule is COc1ccc(NC(=O)C2=C(C)Nc3nc(CCCO)nn3C2c2ccc(OCc3ccccc3)c(OC)c2)cc1. The highest BCUT2D eigenvalue weighted by atomic mass is 16.5. The van der Waals surface area contributed by atoms with E-state index in [4.69, 9.17) is 19.3 Å². The van der Waals surface area contributed by atoms with Gasteiger partial charge in [0.25, 0.3) is 5.91 Å². The van der Waals surface area contributed by atoms with Crippen molar-refractivity contribution < 1.29 is 24.1 Å². The summed E-state index contributed by atoms with van der Waals surface area (Å²) in [5.41, 5.74) is 3.57. The molecule has 1 atom stereocenters. The number of aryl methyl sites for hydroxylation is 1. The summed E-state index contributed by atoms with van der Waals surface area (Å²) in [6, 6.07) is 22.1. The van der Waals surface area contributed by atoms with E-state index >= 15 is 0 Å². The van der Waals surface area contributed by atoms with Crippen molar-refractivity contribution in [2.24, 2.45) is 0 Å². The minimum absolute atomic E-state index is 0.0369. The van der Waals surface area contributed by atoms with Crippen molar-refractivity contribution in [3.63, 3.8) is 0 Å². The molecule has 0 spiro atoms. The lowest BCUT2D eigenvalue weighted by Crippen LogP contribution is -2.31. The van der Waals surface area contributed by atoms with Crippen LogP contribution in [0.3, 0.4) is 0 Å². The molecular formula is C31H33N5O5. The monoisotopic (exact) mass is 555 g/mol. The number of hydrogen-bond donors (Lipinski definition) is 3. The highest BCUT2D eigenvalue weighted by Gasteiger charge is 2.35. The minimum atomic E-state index is -0.600. The van der Waals surface area contributed by atoms with E-state index < -0.39 is 6.04 Å². The number of nitrogens with one attached hydrogen (secondary N) is 2. The van der Waals surface area contributed by atoms with Gasteiger partial charge in [-0.15, -0.1) is 0 Å². The molecule has 1 aromatic heterocycles. The van der Waals surface area contributed by atoms with Gasteiger partial charge in [0.05, 0.1) is 19.8 Å². The zero-order valence-electron chi connectivity index (χ0n) is 23.3. The molecule has 3 aromatic carbocycles. The van der Waals surface area contributed by atoms with Crippen molar-refractivity contribution in [3.8, 4) is 17.2 Å². The van der Waals surface area contributed by atoms with Crippen LogP contribution in [0.15, 0.2) is 84.1 Å². The fourth-order valence-electron chi connectivity index (χ4n) is 4.72.